The van der Waals surface area contributed by atoms with Gasteiger partial charge in [-0.05, 0) is 69.0 Å². The van der Waals surface area contributed by atoms with E-state index in [-0.39, 0.29) is 23.3 Å². The third kappa shape index (κ3) is 4.49. The molecule has 8 nitrogen and oxygen atoms in total. The van der Waals surface area contributed by atoms with Gasteiger partial charge in [0.2, 0.25) is 5.91 Å². The van der Waals surface area contributed by atoms with Crippen LogP contribution in [0, 0.1) is 11.3 Å². The van der Waals surface area contributed by atoms with E-state index < -0.39 is 0 Å². The number of carbonyl (C=O) groups is 2. The SMILES string of the molecule is CCOC(=O)N1CCN(C(=O)[C@@H]2CC23CCN(Cc2cccn2-c2ccccn2)CC3)CC1. The number of likely N-dealkylation sites (tertiary alicyclic amines) is 1. The number of hydrogen-bond acceptors (Lipinski definition) is 5. The molecule has 2 aliphatic heterocycles. The van der Waals surface area contributed by atoms with Gasteiger partial charge in [-0.25, -0.2) is 9.78 Å². The van der Waals surface area contributed by atoms with Gasteiger partial charge in [0.05, 0.1) is 6.61 Å². The molecule has 0 bridgehead atoms. The van der Waals surface area contributed by atoms with Crippen molar-refractivity contribution >= 4 is 12.0 Å². The second-order valence-corrected chi connectivity index (χ2v) is 9.46. The standard InChI is InChI=1S/C25H33N5O3/c1-2-33-24(32)29-16-14-28(15-17-29)23(31)21-18-25(21)8-12-27(13-9-25)19-20-6-5-11-30(20)22-7-3-4-10-26-22/h3-7,10-11,21H,2,8-9,12-19H2,1H3/t21-/m0/s1. The van der Waals surface area contributed by atoms with Crippen LogP contribution in [-0.2, 0) is 16.1 Å². The van der Waals surface area contributed by atoms with Crippen LogP contribution in [0.3, 0.4) is 0 Å². The number of pyridine rings is 1. The van der Waals surface area contributed by atoms with Gasteiger partial charge in [0, 0.05) is 56.7 Å². The number of aromatic nitrogens is 2. The van der Waals surface area contributed by atoms with Crippen LogP contribution in [0.4, 0.5) is 4.79 Å². The van der Waals surface area contributed by atoms with Crippen LogP contribution in [-0.4, -0.2) is 82.1 Å². The molecule has 0 radical (unpaired) electrons. The molecule has 8 heteroatoms. The van der Waals surface area contributed by atoms with E-state index >= 15 is 0 Å². The largest absolute Gasteiger partial charge is 0.450 e. The van der Waals surface area contributed by atoms with Gasteiger partial charge >= 0.3 is 6.09 Å². The topological polar surface area (TPSA) is 70.9 Å². The van der Waals surface area contributed by atoms with E-state index in [4.69, 9.17) is 4.74 Å². The molecule has 2 aromatic heterocycles. The van der Waals surface area contributed by atoms with Crippen molar-refractivity contribution in [1.29, 1.82) is 0 Å². The summed E-state index contributed by atoms with van der Waals surface area (Å²) in [5.41, 5.74) is 1.43. The van der Waals surface area contributed by atoms with Crippen LogP contribution in [0.15, 0.2) is 42.7 Å². The molecule has 3 aliphatic rings. The molecule has 0 N–H and O–H groups in total. The Bertz CT molecular complexity index is 975. The Balaban J connectivity index is 1.11. The van der Waals surface area contributed by atoms with Crippen LogP contribution in [0.5, 0.6) is 0 Å². The van der Waals surface area contributed by atoms with Crippen LogP contribution < -0.4 is 0 Å². The van der Waals surface area contributed by atoms with Crippen molar-refractivity contribution < 1.29 is 14.3 Å². The maximum Gasteiger partial charge on any atom is 0.409 e. The van der Waals surface area contributed by atoms with Gasteiger partial charge < -0.3 is 19.1 Å². The summed E-state index contributed by atoms with van der Waals surface area (Å²) in [5, 5.41) is 0. The average Bonchev–Trinajstić information content (AvgIpc) is 3.35. The van der Waals surface area contributed by atoms with Crippen LogP contribution in [0.1, 0.15) is 31.9 Å². The maximum atomic E-state index is 13.1. The van der Waals surface area contributed by atoms with E-state index in [1.54, 1.807) is 4.90 Å². The number of piperidine rings is 1. The van der Waals surface area contributed by atoms with Gasteiger partial charge in [-0.3, -0.25) is 9.69 Å². The van der Waals surface area contributed by atoms with E-state index in [0.717, 1.165) is 44.7 Å². The molecule has 1 atom stereocenters. The first kappa shape index (κ1) is 21.9. The predicted molar refractivity (Wildman–Crippen MR) is 124 cm³/mol. The molecular formula is C25H33N5O3. The van der Waals surface area contributed by atoms with Crippen molar-refractivity contribution in [3.8, 4) is 5.82 Å². The van der Waals surface area contributed by atoms with Crippen LogP contribution in [0.2, 0.25) is 0 Å². The van der Waals surface area contributed by atoms with Gasteiger partial charge in [0.1, 0.15) is 5.82 Å². The number of ether oxygens (including phenoxy) is 1. The lowest BCUT2D eigenvalue weighted by Gasteiger charge is -2.36. The van der Waals surface area contributed by atoms with Crippen LogP contribution in [0.25, 0.3) is 5.82 Å². The molecule has 1 spiro atoms. The number of rotatable bonds is 5. The van der Waals surface area contributed by atoms with E-state index in [9.17, 15) is 9.59 Å². The molecule has 2 amide bonds. The summed E-state index contributed by atoms with van der Waals surface area (Å²) in [6, 6.07) is 10.2. The maximum absolute atomic E-state index is 13.1. The van der Waals surface area contributed by atoms with Gasteiger partial charge in [0.25, 0.3) is 0 Å². The normalized spacial score (nSPS) is 22.4. The summed E-state index contributed by atoms with van der Waals surface area (Å²) >= 11 is 0. The third-order valence-electron chi connectivity index (χ3n) is 7.57. The summed E-state index contributed by atoms with van der Waals surface area (Å²) in [6.45, 7) is 7.49. The van der Waals surface area contributed by atoms with Crippen molar-refractivity contribution in [3.05, 3.63) is 48.4 Å². The fourth-order valence-electron chi connectivity index (χ4n) is 5.44. The molecule has 33 heavy (non-hydrogen) atoms. The Morgan fingerprint density at radius 2 is 1.79 bits per heavy atom. The summed E-state index contributed by atoms with van der Waals surface area (Å²) in [6.07, 6.45) is 6.80. The van der Waals surface area contributed by atoms with Crippen molar-refractivity contribution in [3.63, 3.8) is 0 Å². The van der Waals surface area contributed by atoms with E-state index in [1.165, 1.54) is 5.69 Å². The fourth-order valence-corrected chi connectivity index (χ4v) is 5.44. The van der Waals surface area contributed by atoms with E-state index in [0.29, 0.717) is 32.8 Å². The first-order chi connectivity index (χ1) is 16.1. The van der Waals surface area contributed by atoms with Gasteiger partial charge in [-0.15, -0.1) is 0 Å². The van der Waals surface area contributed by atoms with E-state index in [2.05, 4.69) is 32.8 Å². The monoisotopic (exact) mass is 451 g/mol. The highest BCUT2D eigenvalue weighted by atomic mass is 16.6. The molecule has 4 heterocycles. The molecule has 0 aromatic carbocycles. The minimum atomic E-state index is -0.269. The molecule has 2 saturated heterocycles. The Morgan fingerprint density at radius 1 is 1.03 bits per heavy atom. The summed E-state index contributed by atoms with van der Waals surface area (Å²) < 4.78 is 7.24. The highest BCUT2D eigenvalue weighted by Crippen LogP contribution is 2.60. The zero-order valence-electron chi connectivity index (χ0n) is 19.4. The molecule has 0 unspecified atom stereocenters. The zero-order valence-corrected chi connectivity index (χ0v) is 19.4. The number of nitrogens with zero attached hydrogens (tertiary/aromatic N) is 5. The smallest absolute Gasteiger partial charge is 0.409 e. The van der Waals surface area contributed by atoms with Gasteiger partial charge in [-0.2, -0.15) is 0 Å². The lowest BCUT2D eigenvalue weighted by Crippen LogP contribution is -2.51. The van der Waals surface area contributed by atoms with Crippen LogP contribution >= 0.6 is 0 Å². The van der Waals surface area contributed by atoms with Crippen molar-refractivity contribution in [2.24, 2.45) is 11.3 Å². The zero-order chi connectivity index (χ0) is 22.8. The first-order valence-electron chi connectivity index (χ1n) is 12.1. The summed E-state index contributed by atoms with van der Waals surface area (Å²) in [4.78, 5) is 35.7. The highest BCUT2D eigenvalue weighted by Gasteiger charge is 2.59. The lowest BCUT2D eigenvalue weighted by molar-refractivity contribution is -0.135. The number of hydrogen-bond donors (Lipinski definition) is 0. The fraction of sp³-hybridized carbons (Fsp3) is 0.560. The first-order valence-corrected chi connectivity index (χ1v) is 12.1. The Labute approximate surface area is 195 Å². The summed E-state index contributed by atoms with van der Waals surface area (Å²) in [5.74, 6) is 1.39. The van der Waals surface area contributed by atoms with E-state index in [1.807, 2.05) is 36.2 Å². The predicted octanol–water partition coefficient (Wildman–Crippen LogP) is 2.78. The third-order valence-corrected chi connectivity index (χ3v) is 7.57. The molecule has 1 aliphatic carbocycles. The Hall–Kier alpha value is -2.87. The number of piperazine rings is 1. The van der Waals surface area contributed by atoms with Crippen molar-refractivity contribution in [2.75, 3.05) is 45.9 Å². The average molecular weight is 452 g/mol. The van der Waals surface area contributed by atoms with Crippen molar-refractivity contribution in [1.82, 2.24) is 24.3 Å². The molecule has 1 saturated carbocycles. The molecular weight excluding hydrogens is 418 g/mol. The highest BCUT2D eigenvalue weighted by molar-refractivity contribution is 5.83. The number of amides is 2. The lowest BCUT2D eigenvalue weighted by atomic mass is 9.90. The molecule has 176 valence electrons. The second-order valence-electron chi connectivity index (χ2n) is 9.46. The molecule has 3 fully saturated rings. The number of carbonyl (C=O) groups excluding carboxylic acids is 2. The minimum absolute atomic E-state index is 0.158. The quantitative estimate of drug-likeness (QED) is 0.699. The Morgan fingerprint density at radius 3 is 2.48 bits per heavy atom. The second kappa shape index (κ2) is 9.17. The Kier molecular flexibility index (Phi) is 6.10. The van der Waals surface area contributed by atoms with Gasteiger partial charge in [0.15, 0.2) is 0 Å². The van der Waals surface area contributed by atoms with Gasteiger partial charge in [-0.1, -0.05) is 6.07 Å². The molecule has 5 rings (SSSR count). The van der Waals surface area contributed by atoms with Crippen molar-refractivity contribution in [2.45, 2.75) is 32.7 Å². The summed E-state index contributed by atoms with van der Waals surface area (Å²) in [7, 11) is 0. The minimum Gasteiger partial charge on any atom is -0.450 e. The molecule has 2 aromatic rings.